The Morgan fingerprint density at radius 3 is 2.11 bits per heavy atom. The van der Waals surface area contributed by atoms with Crippen molar-refractivity contribution in [1.29, 1.82) is 0 Å². The maximum atomic E-state index is 12.9. The van der Waals surface area contributed by atoms with Crippen LogP contribution in [0, 0.1) is 0 Å². The normalized spacial score (nSPS) is 14.0. The lowest BCUT2D eigenvalue weighted by molar-refractivity contribution is -0.126. The Morgan fingerprint density at radius 2 is 1.54 bits per heavy atom. The van der Waals surface area contributed by atoms with Crippen molar-refractivity contribution >= 4 is 34.6 Å². The Balaban J connectivity index is 1.86. The molecule has 2 aromatic rings. The van der Waals surface area contributed by atoms with Gasteiger partial charge in [0.25, 0.3) is 11.8 Å². The first-order chi connectivity index (χ1) is 13.5. The Hall–Kier alpha value is -2.93. The molecule has 0 spiro atoms. The van der Waals surface area contributed by atoms with Crippen molar-refractivity contribution in [2.75, 3.05) is 12.3 Å². The first-order valence-corrected chi connectivity index (χ1v) is 9.95. The number of hydrogen-bond donors (Lipinski definition) is 1. The summed E-state index contributed by atoms with van der Waals surface area (Å²) in [4.78, 5) is 51.3. The van der Waals surface area contributed by atoms with Gasteiger partial charge in [-0.05, 0) is 23.4 Å². The predicted octanol–water partition coefficient (Wildman–Crippen LogP) is 2.29. The van der Waals surface area contributed by atoms with Crippen LogP contribution in [0.4, 0.5) is 0 Å². The first kappa shape index (κ1) is 19.8. The summed E-state index contributed by atoms with van der Waals surface area (Å²) in [6, 6.07) is 14.6. The molecule has 28 heavy (non-hydrogen) atoms. The van der Waals surface area contributed by atoms with E-state index in [0.29, 0.717) is 5.75 Å². The van der Waals surface area contributed by atoms with Gasteiger partial charge in [0.1, 0.15) is 6.04 Å². The van der Waals surface area contributed by atoms with Crippen molar-refractivity contribution in [1.82, 2.24) is 10.2 Å². The van der Waals surface area contributed by atoms with E-state index in [4.69, 9.17) is 0 Å². The minimum atomic E-state index is -1.03. The van der Waals surface area contributed by atoms with Gasteiger partial charge in [0.15, 0.2) is 0 Å². The summed E-state index contributed by atoms with van der Waals surface area (Å²) in [6.45, 7) is 1.70. The second-order valence-corrected chi connectivity index (χ2v) is 7.58. The van der Waals surface area contributed by atoms with Gasteiger partial charge in [-0.1, -0.05) is 61.2 Å². The van der Waals surface area contributed by atoms with Crippen LogP contribution in [0.3, 0.4) is 0 Å². The average Bonchev–Trinajstić information content (AvgIpc) is 2.96. The Kier molecular flexibility index (Phi) is 6.26. The molecular formula is C21H20N2O4S. The highest BCUT2D eigenvalue weighted by Gasteiger charge is 2.42. The van der Waals surface area contributed by atoms with Gasteiger partial charge in [0, 0.05) is 6.42 Å². The summed E-state index contributed by atoms with van der Waals surface area (Å²) < 4.78 is 0. The highest BCUT2D eigenvalue weighted by molar-refractivity contribution is 8.13. The third kappa shape index (κ3) is 4.14. The van der Waals surface area contributed by atoms with Gasteiger partial charge in [0.05, 0.1) is 17.7 Å². The molecule has 0 radical (unpaired) electrons. The number of amides is 3. The Labute approximate surface area is 167 Å². The van der Waals surface area contributed by atoms with Crippen molar-refractivity contribution in [2.45, 2.75) is 19.4 Å². The van der Waals surface area contributed by atoms with Gasteiger partial charge < -0.3 is 5.32 Å². The molecule has 0 fully saturated rings. The lowest BCUT2D eigenvalue weighted by atomic mass is 10.0. The van der Waals surface area contributed by atoms with Gasteiger partial charge in [0.2, 0.25) is 11.0 Å². The number of hydrogen-bond acceptors (Lipinski definition) is 5. The molecule has 0 saturated heterocycles. The second-order valence-electron chi connectivity index (χ2n) is 6.25. The van der Waals surface area contributed by atoms with Gasteiger partial charge >= 0.3 is 0 Å². The average molecular weight is 396 g/mol. The van der Waals surface area contributed by atoms with Crippen molar-refractivity contribution in [2.24, 2.45) is 0 Å². The van der Waals surface area contributed by atoms with Crippen molar-refractivity contribution < 1.29 is 19.2 Å². The first-order valence-electron chi connectivity index (χ1n) is 8.97. The summed E-state index contributed by atoms with van der Waals surface area (Å²) in [5.74, 6) is -0.902. The number of benzene rings is 2. The molecule has 0 unspecified atom stereocenters. The van der Waals surface area contributed by atoms with Crippen LogP contribution in [0.1, 0.15) is 33.2 Å². The minimum absolute atomic E-state index is 0.147. The van der Waals surface area contributed by atoms with Crippen molar-refractivity contribution in [3.63, 3.8) is 0 Å². The molecule has 7 heteroatoms. The lowest BCUT2D eigenvalue weighted by Gasteiger charge is -2.25. The molecule has 1 aliphatic heterocycles. The molecule has 6 nitrogen and oxygen atoms in total. The summed E-state index contributed by atoms with van der Waals surface area (Å²) >= 11 is 1.11. The number of nitrogens with zero attached hydrogens (tertiary/aromatic N) is 1. The fraction of sp³-hybridized carbons (Fsp3) is 0.238. The van der Waals surface area contributed by atoms with Crippen LogP contribution in [0.2, 0.25) is 0 Å². The lowest BCUT2D eigenvalue weighted by Crippen LogP contribution is -2.51. The number of carbonyl (C=O) groups excluding carboxylic acids is 4. The summed E-state index contributed by atoms with van der Waals surface area (Å²) in [6.07, 6.45) is 0.174. The van der Waals surface area contributed by atoms with Gasteiger partial charge in [-0.2, -0.15) is 0 Å². The molecule has 1 N–H and O–H groups in total. The quantitative estimate of drug-likeness (QED) is 0.726. The molecule has 144 valence electrons. The van der Waals surface area contributed by atoms with E-state index in [9.17, 15) is 19.2 Å². The topological polar surface area (TPSA) is 83.6 Å². The molecule has 2 aromatic carbocycles. The summed E-state index contributed by atoms with van der Waals surface area (Å²) in [5, 5.41) is 2.41. The van der Waals surface area contributed by atoms with E-state index in [1.807, 2.05) is 37.3 Å². The van der Waals surface area contributed by atoms with Gasteiger partial charge in [-0.3, -0.25) is 24.1 Å². The highest BCUT2D eigenvalue weighted by Crippen LogP contribution is 2.26. The fourth-order valence-electron chi connectivity index (χ4n) is 3.12. The third-order valence-electron chi connectivity index (χ3n) is 4.42. The van der Waals surface area contributed by atoms with Gasteiger partial charge in [-0.25, -0.2) is 0 Å². The Bertz CT molecular complexity index is 879. The van der Waals surface area contributed by atoms with E-state index in [2.05, 4.69) is 5.32 Å². The maximum Gasteiger partial charge on any atom is 0.262 e. The zero-order valence-electron chi connectivity index (χ0n) is 15.4. The van der Waals surface area contributed by atoms with E-state index in [1.54, 1.807) is 24.3 Å². The van der Waals surface area contributed by atoms with Crippen molar-refractivity contribution in [3.05, 3.63) is 71.3 Å². The number of carbonyl (C=O) groups is 4. The SMILES string of the molecule is CCSC(=O)CNC(=O)[C@H](Cc1ccccc1)N1C(=O)c2ccccc2C1=O. The standard InChI is InChI=1S/C21H20N2O4S/c1-2-28-18(24)13-22-19(25)17(12-14-8-4-3-5-9-14)23-20(26)15-10-6-7-11-16(15)21(23)27/h3-11,17H,2,12-13H2,1H3,(H,22,25)/t17-/m0/s1. The summed E-state index contributed by atoms with van der Waals surface area (Å²) in [5.41, 5.74) is 1.39. The molecule has 1 heterocycles. The van der Waals surface area contributed by atoms with E-state index in [0.717, 1.165) is 22.2 Å². The van der Waals surface area contributed by atoms with Crippen LogP contribution in [-0.2, 0) is 16.0 Å². The third-order valence-corrected chi connectivity index (χ3v) is 5.18. The molecule has 3 rings (SSSR count). The van der Waals surface area contributed by atoms with E-state index in [1.165, 1.54) is 0 Å². The Morgan fingerprint density at radius 1 is 0.964 bits per heavy atom. The minimum Gasteiger partial charge on any atom is -0.346 e. The number of nitrogens with one attached hydrogen (secondary N) is 1. The fourth-order valence-corrected chi connectivity index (χ4v) is 3.61. The van der Waals surface area contributed by atoms with Crippen molar-refractivity contribution in [3.8, 4) is 0 Å². The summed E-state index contributed by atoms with van der Waals surface area (Å²) in [7, 11) is 0. The van der Waals surface area contributed by atoms with Gasteiger partial charge in [-0.15, -0.1) is 0 Å². The molecule has 0 bridgehead atoms. The molecule has 0 saturated carbocycles. The molecular weight excluding hydrogens is 376 g/mol. The number of thioether (sulfide) groups is 1. The number of fused-ring (bicyclic) bond motifs is 1. The number of rotatable bonds is 7. The van der Waals surface area contributed by atoms with Crippen LogP contribution >= 0.6 is 11.8 Å². The zero-order valence-corrected chi connectivity index (χ0v) is 16.2. The van der Waals surface area contributed by atoms with Crippen LogP contribution < -0.4 is 5.32 Å². The van der Waals surface area contributed by atoms with E-state index in [-0.39, 0.29) is 29.2 Å². The molecule has 0 aromatic heterocycles. The van der Waals surface area contributed by atoms with Crippen LogP contribution in [0.5, 0.6) is 0 Å². The zero-order chi connectivity index (χ0) is 20.1. The van der Waals surface area contributed by atoms with E-state index < -0.39 is 23.8 Å². The molecule has 1 atom stereocenters. The largest absolute Gasteiger partial charge is 0.346 e. The van der Waals surface area contributed by atoms with E-state index >= 15 is 0 Å². The highest BCUT2D eigenvalue weighted by atomic mass is 32.2. The maximum absolute atomic E-state index is 12.9. The molecule has 3 amide bonds. The predicted molar refractivity (Wildman–Crippen MR) is 107 cm³/mol. The van der Waals surface area contributed by atoms with Crippen LogP contribution in [0.25, 0.3) is 0 Å². The van der Waals surface area contributed by atoms with Crippen LogP contribution in [0.15, 0.2) is 54.6 Å². The molecule has 0 aliphatic carbocycles. The monoisotopic (exact) mass is 396 g/mol. The smallest absolute Gasteiger partial charge is 0.262 e. The second kappa shape index (κ2) is 8.84. The molecule has 1 aliphatic rings. The van der Waals surface area contributed by atoms with Crippen LogP contribution in [-0.4, -0.2) is 46.1 Å². The number of imide groups is 1.